The van der Waals surface area contributed by atoms with Crippen molar-refractivity contribution >= 4 is 22.7 Å². The summed E-state index contributed by atoms with van der Waals surface area (Å²) in [7, 11) is 3.30. The summed E-state index contributed by atoms with van der Waals surface area (Å²) in [5.74, 6) is 1.35. The lowest BCUT2D eigenvalue weighted by molar-refractivity contribution is 0.355. The highest BCUT2D eigenvalue weighted by Crippen LogP contribution is 2.42. The molecule has 0 saturated heterocycles. The van der Waals surface area contributed by atoms with E-state index in [2.05, 4.69) is 53.0 Å². The number of para-hydroxylation sites is 2. The number of rotatable bonds is 7. The Morgan fingerprint density at radius 3 is 2.22 bits per heavy atom. The van der Waals surface area contributed by atoms with Crippen LogP contribution in [-0.4, -0.2) is 29.7 Å². The monoisotopic (exact) mass is 506 g/mol. The molecule has 3 aromatic carbocycles. The van der Waals surface area contributed by atoms with Gasteiger partial charge in [0.25, 0.3) is 0 Å². The second-order valence-corrected chi connectivity index (χ2v) is 9.65. The van der Waals surface area contributed by atoms with E-state index < -0.39 is 0 Å². The quantitative estimate of drug-likeness (QED) is 0.239. The van der Waals surface area contributed by atoms with Gasteiger partial charge in [-0.2, -0.15) is 10.2 Å². The maximum absolute atomic E-state index is 5.62. The van der Waals surface area contributed by atoms with Gasteiger partial charge in [-0.3, -0.25) is 5.01 Å². The highest BCUT2D eigenvalue weighted by Gasteiger charge is 2.34. The Labute approximate surface area is 220 Å². The van der Waals surface area contributed by atoms with Crippen LogP contribution in [0.2, 0.25) is 0 Å². The Hall–Kier alpha value is -4.36. The van der Waals surface area contributed by atoms with Gasteiger partial charge < -0.3 is 9.47 Å². The number of ether oxygens (including phenoxy) is 2. The van der Waals surface area contributed by atoms with Crippen molar-refractivity contribution in [1.82, 2.24) is 9.78 Å². The van der Waals surface area contributed by atoms with Crippen molar-refractivity contribution in [1.29, 1.82) is 0 Å². The standard InChI is InChI=1S/C30H26N4O2S/c1-35-27-16-15-21(18-28(27)36-2)30-24(20-33(32-30)22-10-5-3-6-11-22)26-19-25(29-14-9-17-37-29)31-34(26)23-12-7-4-8-13-23/h3-18,20,26H,19H2,1-2H3. The molecule has 1 aliphatic rings. The fourth-order valence-electron chi connectivity index (χ4n) is 4.71. The molecule has 0 spiro atoms. The molecule has 5 aromatic rings. The number of benzene rings is 3. The van der Waals surface area contributed by atoms with Crippen LogP contribution in [0, 0.1) is 0 Å². The van der Waals surface area contributed by atoms with Crippen molar-refractivity contribution in [2.45, 2.75) is 12.5 Å². The van der Waals surface area contributed by atoms with Crippen molar-refractivity contribution < 1.29 is 9.47 Å². The molecule has 0 fully saturated rings. The van der Waals surface area contributed by atoms with Crippen LogP contribution in [0.15, 0.2) is 108 Å². The van der Waals surface area contributed by atoms with Gasteiger partial charge in [-0.15, -0.1) is 11.3 Å². The van der Waals surface area contributed by atoms with Crippen molar-refractivity contribution in [3.05, 3.63) is 113 Å². The minimum atomic E-state index is -0.0277. The second kappa shape index (κ2) is 9.95. The van der Waals surface area contributed by atoms with Gasteiger partial charge in [-0.05, 0) is 53.9 Å². The summed E-state index contributed by atoms with van der Waals surface area (Å²) in [5, 5.41) is 14.4. The molecule has 0 N–H and O–H groups in total. The first-order valence-corrected chi connectivity index (χ1v) is 13.0. The highest BCUT2D eigenvalue weighted by atomic mass is 32.1. The lowest BCUT2D eigenvalue weighted by Crippen LogP contribution is -2.18. The van der Waals surface area contributed by atoms with Gasteiger partial charge in [0.1, 0.15) is 0 Å². The third-order valence-corrected chi connectivity index (χ3v) is 7.43. The fourth-order valence-corrected chi connectivity index (χ4v) is 5.44. The van der Waals surface area contributed by atoms with E-state index in [0.29, 0.717) is 11.5 Å². The number of nitrogens with zero attached hydrogens (tertiary/aromatic N) is 4. The van der Waals surface area contributed by atoms with E-state index in [1.165, 1.54) is 4.88 Å². The van der Waals surface area contributed by atoms with Crippen molar-refractivity contribution in [3.63, 3.8) is 0 Å². The van der Waals surface area contributed by atoms with Gasteiger partial charge in [-0.25, -0.2) is 4.68 Å². The molecule has 0 radical (unpaired) electrons. The molecule has 3 heterocycles. The van der Waals surface area contributed by atoms with E-state index in [4.69, 9.17) is 19.7 Å². The predicted octanol–water partition coefficient (Wildman–Crippen LogP) is 6.97. The Morgan fingerprint density at radius 2 is 1.54 bits per heavy atom. The molecule has 1 atom stereocenters. The summed E-state index contributed by atoms with van der Waals surface area (Å²) in [6, 6.07) is 30.7. The van der Waals surface area contributed by atoms with Crippen molar-refractivity contribution in [3.8, 4) is 28.4 Å². The van der Waals surface area contributed by atoms with E-state index >= 15 is 0 Å². The maximum Gasteiger partial charge on any atom is 0.161 e. The number of hydrogen-bond donors (Lipinski definition) is 0. The molecular formula is C30H26N4O2S. The van der Waals surface area contributed by atoms with Crippen LogP contribution < -0.4 is 14.5 Å². The summed E-state index contributed by atoms with van der Waals surface area (Å²) in [6.45, 7) is 0. The second-order valence-electron chi connectivity index (χ2n) is 8.71. The Bertz CT molecular complexity index is 1530. The topological polar surface area (TPSA) is 51.9 Å². The van der Waals surface area contributed by atoms with Crippen molar-refractivity contribution in [2.24, 2.45) is 5.10 Å². The molecule has 7 heteroatoms. The third-order valence-electron chi connectivity index (χ3n) is 6.52. The molecule has 184 valence electrons. The zero-order valence-electron chi connectivity index (χ0n) is 20.6. The molecule has 37 heavy (non-hydrogen) atoms. The summed E-state index contributed by atoms with van der Waals surface area (Å²) >= 11 is 1.72. The van der Waals surface area contributed by atoms with Crippen LogP contribution in [0.3, 0.4) is 0 Å². The highest BCUT2D eigenvalue weighted by molar-refractivity contribution is 7.12. The summed E-state index contributed by atoms with van der Waals surface area (Å²) < 4.78 is 13.1. The molecule has 6 nitrogen and oxygen atoms in total. The summed E-state index contributed by atoms with van der Waals surface area (Å²) in [5.41, 5.74) is 6.06. The van der Waals surface area contributed by atoms with Crippen LogP contribution in [0.5, 0.6) is 11.5 Å². The zero-order valence-corrected chi connectivity index (χ0v) is 21.4. The molecule has 1 unspecified atom stereocenters. The first-order valence-electron chi connectivity index (χ1n) is 12.1. The zero-order chi connectivity index (χ0) is 25.2. The van der Waals surface area contributed by atoms with Gasteiger partial charge >= 0.3 is 0 Å². The molecule has 0 saturated carbocycles. The number of anilines is 1. The minimum absolute atomic E-state index is 0.0277. The molecule has 0 amide bonds. The Kier molecular flexibility index (Phi) is 6.20. The number of hydrogen-bond acceptors (Lipinski definition) is 6. The van der Waals surface area contributed by atoms with Crippen LogP contribution in [0.25, 0.3) is 16.9 Å². The molecule has 2 aromatic heterocycles. The average molecular weight is 507 g/mol. The molecule has 1 aliphatic heterocycles. The lowest BCUT2D eigenvalue weighted by Gasteiger charge is -2.23. The van der Waals surface area contributed by atoms with E-state index in [1.807, 2.05) is 59.3 Å². The fraction of sp³-hybridized carbons (Fsp3) is 0.133. The third kappa shape index (κ3) is 4.38. The summed E-state index contributed by atoms with van der Waals surface area (Å²) in [4.78, 5) is 1.19. The normalized spacial score (nSPS) is 15.0. The van der Waals surface area contributed by atoms with E-state index in [-0.39, 0.29) is 6.04 Å². The first-order chi connectivity index (χ1) is 18.2. The molecular weight excluding hydrogens is 480 g/mol. The van der Waals surface area contributed by atoms with Crippen LogP contribution in [0.4, 0.5) is 5.69 Å². The Morgan fingerprint density at radius 1 is 0.811 bits per heavy atom. The molecule has 0 bridgehead atoms. The van der Waals surface area contributed by atoms with Crippen LogP contribution in [-0.2, 0) is 0 Å². The largest absolute Gasteiger partial charge is 0.493 e. The molecule has 6 rings (SSSR count). The first kappa shape index (κ1) is 23.1. The Balaban J connectivity index is 1.51. The van der Waals surface area contributed by atoms with Gasteiger partial charge in [0, 0.05) is 23.7 Å². The SMILES string of the molecule is COc1ccc(-c2nn(-c3ccccc3)cc2C2CC(c3cccs3)=NN2c2ccccc2)cc1OC. The van der Waals surface area contributed by atoms with Gasteiger partial charge in [0.15, 0.2) is 11.5 Å². The molecule has 0 aliphatic carbocycles. The van der Waals surface area contributed by atoms with E-state index in [1.54, 1.807) is 25.6 Å². The van der Waals surface area contributed by atoms with Gasteiger partial charge in [0.2, 0.25) is 0 Å². The van der Waals surface area contributed by atoms with Crippen LogP contribution in [0.1, 0.15) is 22.9 Å². The van der Waals surface area contributed by atoms with Gasteiger partial charge in [-0.1, -0.05) is 42.5 Å². The van der Waals surface area contributed by atoms with E-state index in [9.17, 15) is 0 Å². The number of thiophene rings is 1. The summed E-state index contributed by atoms with van der Waals surface area (Å²) in [6.07, 6.45) is 2.91. The predicted molar refractivity (Wildman–Crippen MR) is 149 cm³/mol. The van der Waals surface area contributed by atoms with Crippen molar-refractivity contribution in [2.75, 3.05) is 19.2 Å². The smallest absolute Gasteiger partial charge is 0.161 e. The van der Waals surface area contributed by atoms with Gasteiger partial charge in [0.05, 0.1) is 47.9 Å². The maximum atomic E-state index is 5.62. The number of hydrazone groups is 1. The minimum Gasteiger partial charge on any atom is -0.493 e. The van der Waals surface area contributed by atoms with Crippen LogP contribution >= 0.6 is 11.3 Å². The average Bonchev–Trinajstić information content (AvgIpc) is 3.73. The number of methoxy groups -OCH3 is 2. The number of aromatic nitrogens is 2. The lowest BCUT2D eigenvalue weighted by atomic mass is 9.97. The van der Waals surface area contributed by atoms with E-state index in [0.717, 1.165) is 40.3 Å².